The monoisotopic (exact) mass is 556 g/mol. The fourth-order valence-corrected chi connectivity index (χ4v) is 4.42. The summed E-state index contributed by atoms with van der Waals surface area (Å²) in [6.45, 7) is 2.86. The van der Waals surface area contributed by atoms with Gasteiger partial charge in [0.15, 0.2) is 5.82 Å². The topological polar surface area (TPSA) is 117 Å². The molecule has 0 unspecified atom stereocenters. The van der Waals surface area contributed by atoms with Gasteiger partial charge in [-0.05, 0) is 36.8 Å². The van der Waals surface area contributed by atoms with Crippen LogP contribution in [0.3, 0.4) is 0 Å². The van der Waals surface area contributed by atoms with Gasteiger partial charge in [0.25, 0.3) is 5.91 Å². The number of nitrogens with one attached hydrogen (secondary N) is 3. The quantitative estimate of drug-likeness (QED) is 0.425. The standard InChI is InChI=1S/C26H27F3N8O3/c1-17-19(34-25(39)32-15-26(27,28)29)3-2-4-21(17)37-14-20(23-30-7-8-36(23)16-37)33-22-6-5-18(13-31-22)24(38)35-9-11-40-12-10-35/h2-8,13-14H,9-12,15-16H2,1H3,(H,31,33)(H2,32,34,39). The van der Waals surface area contributed by atoms with Gasteiger partial charge in [0.05, 0.1) is 24.5 Å². The van der Waals surface area contributed by atoms with E-state index in [1.54, 1.807) is 42.3 Å². The molecule has 0 saturated carbocycles. The molecule has 0 bridgehead atoms. The first-order valence-corrected chi connectivity index (χ1v) is 12.5. The highest BCUT2D eigenvalue weighted by Crippen LogP contribution is 2.31. The molecule has 0 spiro atoms. The van der Waals surface area contributed by atoms with Gasteiger partial charge in [-0.15, -0.1) is 0 Å². The minimum atomic E-state index is -4.51. The van der Waals surface area contributed by atoms with Crippen molar-refractivity contribution in [2.75, 3.05) is 48.4 Å². The second-order valence-corrected chi connectivity index (χ2v) is 9.21. The molecule has 3 aromatic rings. The van der Waals surface area contributed by atoms with E-state index < -0.39 is 18.8 Å². The van der Waals surface area contributed by atoms with E-state index in [2.05, 4.69) is 20.6 Å². The molecule has 40 heavy (non-hydrogen) atoms. The lowest BCUT2D eigenvalue weighted by atomic mass is 10.1. The summed E-state index contributed by atoms with van der Waals surface area (Å²) in [5.74, 6) is 1.08. The Kier molecular flexibility index (Phi) is 7.60. The molecule has 3 N–H and O–H groups in total. The number of pyridine rings is 1. The van der Waals surface area contributed by atoms with Gasteiger partial charge in [0.1, 0.15) is 19.0 Å². The molecular formula is C26H27F3N8O3. The molecule has 2 aliphatic heterocycles. The average Bonchev–Trinajstić information content (AvgIpc) is 3.42. The Balaban J connectivity index is 1.33. The van der Waals surface area contributed by atoms with Gasteiger partial charge < -0.3 is 35.1 Å². The third kappa shape index (κ3) is 6.17. The lowest BCUT2D eigenvalue weighted by Crippen LogP contribution is -2.40. The summed E-state index contributed by atoms with van der Waals surface area (Å²) in [6.07, 6.45) is 2.34. The van der Waals surface area contributed by atoms with Crippen molar-refractivity contribution in [2.45, 2.75) is 19.8 Å². The summed E-state index contributed by atoms with van der Waals surface area (Å²) < 4.78 is 44.6. The van der Waals surface area contributed by atoms with E-state index in [0.29, 0.717) is 67.1 Å². The molecule has 1 saturated heterocycles. The van der Waals surface area contributed by atoms with Crippen molar-refractivity contribution in [1.29, 1.82) is 0 Å². The second-order valence-electron chi connectivity index (χ2n) is 9.21. The third-order valence-corrected chi connectivity index (χ3v) is 6.43. The van der Waals surface area contributed by atoms with Gasteiger partial charge in [0.2, 0.25) is 0 Å². The van der Waals surface area contributed by atoms with Crippen molar-refractivity contribution in [3.05, 3.63) is 72.1 Å². The van der Waals surface area contributed by atoms with Gasteiger partial charge in [-0.1, -0.05) is 6.07 Å². The summed E-state index contributed by atoms with van der Waals surface area (Å²) in [6, 6.07) is 7.64. The first kappa shape index (κ1) is 27.0. The number of rotatable bonds is 6. The first-order valence-electron chi connectivity index (χ1n) is 12.5. The Morgan fingerprint density at radius 2 is 1.90 bits per heavy atom. The van der Waals surface area contributed by atoms with Crippen molar-refractivity contribution in [3.8, 4) is 0 Å². The summed E-state index contributed by atoms with van der Waals surface area (Å²) in [5.41, 5.74) is 2.88. The molecule has 5 rings (SSSR count). The van der Waals surface area contributed by atoms with Gasteiger partial charge in [-0.2, -0.15) is 13.2 Å². The van der Waals surface area contributed by atoms with E-state index in [0.717, 1.165) is 5.69 Å². The number of ether oxygens (including phenoxy) is 1. The summed E-state index contributed by atoms with van der Waals surface area (Å²) in [7, 11) is 0. The Bertz CT molecular complexity index is 1420. The Hall–Kier alpha value is -4.59. The van der Waals surface area contributed by atoms with Crippen LogP contribution in [0.4, 0.5) is 35.2 Å². The third-order valence-electron chi connectivity index (χ3n) is 6.43. The highest BCUT2D eigenvalue weighted by Gasteiger charge is 2.28. The molecule has 2 aliphatic rings. The van der Waals surface area contributed by atoms with Gasteiger partial charge in [0, 0.05) is 49.3 Å². The minimum absolute atomic E-state index is 0.1000. The van der Waals surface area contributed by atoms with Crippen LogP contribution >= 0.6 is 0 Å². The molecule has 3 amide bonds. The zero-order chi connectivity index (χ0) is 28.3. The Morgan fingerprint density at radius 3 is 2.62 bits per heavy atom. The van der Waals surface area contributed by atoms with Crippen molar-refractivity contribution < 1.29 is 27.5 Å². The maximum Gasteiger partial charge on any atom is 0.405 e. The number of morpholine rings is 1. The smallest absolute Gasteiger partial charge is 0.378 e. The van der Waals surface area contributed by atoms with Crippen LogP contribution < -0.4 is 20.9 Å². The average molecular weight is 557 g/mol. The molecule has 0 aliphatic carbocycles. The molecule has 1 fully saturated rings. The summed E-state index contributed by atoms with van der Waals surface area (Å²) in [4.78, 5) is 37.3. The number of imidazole rings is 1. The van der Waals surface area contributed by atoms with Crippen LogP contribution in [-0.4, -0.2) is 70.4 Å². The lowest BCUT2D eigenvalue weighted by molar-refractivity contribution is -0.122. The van der Waals surface area contributed by atoms with Crippen molar-refractivity contribution in [2.24, 2.45) is 0 Å². The van der Waals surface area contributed by atoms with Crippen LogP contribution in [0, 0.1) is 6.92 Å². The summed E-state index contributed by atoms with van der Waals surface area (Å²) >= 11 is 0. The largest absolute Gasteiger partial charge is 0.405 e. The molecule has 4 heterocycles. The Morgan fingerprint density at radius 1 is 1.10 bits per heavy atom. The second kappa shape index (κ2) is 11.3. The maximum atomic E-state index is 12.7. The van der Waals surface area contributed by atoms with Crippen LogP contribution in [0.5, 0.6) is 0 Å². The molecule has 0 radical (unpaired) electrons. The number of carbonyl (C=O) groups excluding carboxylic acids is 2. The van der Waals surface area contributed by atoms with Crippen molar-refractivity contribution >= 4 is 34.8 Å². The lowest BCUT2D eigenvalue weighted by Gasteiger charge is -2.30. The Labute approximate surface area is 227 Å². The number of hydrogen-bond donors (Lipinski definition) is 3. The number of hydrogen-bond acceptors (Lipinski definition) is 7. The molecule has 14 heteroatoms. The van der Waals surface area contributed by atoms with Gasteiger partial charge >= 0.3 is 12.2 Å². The number of anilines is 3. The normalized spacial score (nSPS) is 15.2. The van der Waals surface area contributed by atoms with Gasteiger partial charge in [-0.25, -0.2) is 14.8 Å². The van der Waals surface area contributed by atoms with Crippen LogP contribution in [0.2, 0.25) is 0 Å². The van der Waals surface area contributed by atoms with E-state index >= 15 is 0 Å². The van der Waals surface area contributed by atoms with Crippen molar-refractivity contribution in [3.63, 3.8) is 0 Å². The van der Waals surface area contributed by atoms with Crippen molar-refractivity contribution in [1.82, 2.24) is 24.8 Å². The number of nitrogens with zero attached hydrogens (tertiary/aromatic N) is 5. The van der Waals surface area contributed by atoms with E-state index in [4.69, 9.17) is 4.74 Å². The van der Waals surface area contributed by atoms with Gasteiger partial charge in [-0.3, -0.25) is 4.79 Å². The van der Waals surface area contributed by atoms with Crippen LogP contribution in [0.25, 0.3) is 5.70 Å². The predicted molar refractivity (Wildman–Crippen MR) is 142 cm³/mol. The van der Waals surface area contributed by atoms with E-state index in [-0.39, 0.29) is 5.91 Å². The first-order chi connectivity index (χ1) is 19.2. The zero-order valence-electron chi connectivity index (χ0n) is 21.5. The molecule has 2 aromatic heterocycles. The number of benzene rings is 1. The number of fused-ring (bicyclic) bond motifs is 1. The number of aromatic nitrogens is 3. The summed E-state index contributed by atoms with van der Waals surface area (Å²) in [5, 5.41) is 7.56. The number of amides is 3. The maximum absolute atomic E-state index is 12.7. The molecule has 1 aromatic carbocycles. The molecule has 0 atom stereocenters. The predicted octanol–water partition coefficient (Wildman–Crippen LogP) is 3.63. The highest BCUT2D eigenvalue weighted by atomic mass is 19.4. The van der Waals surface area contributed by atoms with Crippen LogP contribution in [-0.2, 0) is 11.4 Å². The fourth-order valence-electron chi connectivity index (χ4n) is 4.42. The zero-order valence-corrected chi connectivity index (χ0v) is 21.5. The number of alkyl halides is 3. The van der Waals surface area contributed by atoms with E-state index in [9.17, 15) is 22.8 Å². The minimum Gasteiger partial charge on any atom is -0.378 e. The molecule has 11 nitrogen and oxygen atoms in total. The number of urea groups is 1. The van der Waals surface area contributed by atoms with E-state index in [1.807, 2.05) is 33.2 Å². The molecule has 210 valence electrons. The number of carbonyl (C=O) groups is 2. The fraction of sp³-hybridized carbons (Fsp3) is 0.308. The highest BCUT2D eigenvalue weighted by molar-refractivity contribution is 5.94. The molecular weight excluding hydrogens is 529 g/mol. The van der Waals surface area contributed by atoms with Crippen LogP contribution in [0.1, 0.15) is 21.7 Å². The van der Waals surface area contributed by atoms with Crippen LogP contribution in [0.15, 0.2) is 55.1 Å². The number of halogens is 3. The SMILES string of the molecule is Cc1c(NC(=O)NCC(F)(F)F)cccc1N1C=C(Nc2ccc(C(=O)N3CCOCC3)cn2)c2nccn2C1. The van der Waals surface area contributed by atoms with E-state index in [1.165, 1.54) is 6.20 Å².